The van der Waals surface area contributed by atoms with Crippen molar-refractivity contribution >= 4 is 17.3 Å². The summed E-state index contributed by atoms with van der Waals surface area (Å²) in [5.74, 6) is 0.843. The zero-order valence-corrected chi connectivity index (χ0v) is 11.7. The highest BCUT2D eigenvalue weighted by atomic mass is 16.5. The van der Waals surface area contributed by atoms with E-state index >= 15 is 0 Å². The molecule has 1 spiro atoms. The maximum atomic E-state index is 12.5. The van der Waals surface area contributed by atoms with Gasteiger partial charge in [-0.3, -0.25) is 4.79 Å². The third-order valence-corrected chi connectivity index (χ3v) is 4.30. The van der Waals surface area contributed by atoms with Crippen molar-refractivity contribution < 1.29 is 9.53 Å². The average molecular weight is 260 g/mol. The van der Waals surface area contributed by atoms with E-state index < -0.39 is 0 Å². The van der Waals surface area contributed by atoms with Gasteiger partial charge in [-0.25, -0.2) is 0 Å². The first-order chi connectivity index (χ1) is 9.10. The Morgan fingerprint density at radius 2 is 2.11 bits per heavy atom. The Hall–Kier alpha value is -1.71. The Balaban J connectivity index is 2.16. The third-order valence-electron chi connectivity index (χ3n) is 4.30. The van der Waals surface area contributed by atoms with Crippen molar-refractivity contribution in [2.24, 2.45) is 0 Å². The van der Waals surface area contributed by atoms with Crippen molar-refractivity contribution in [1.82, 2.24) is 0 Å². The van der Waals surface area contributed by atoms with Gasteiger partial charge in [0.2, 0.25) is 5.91 Å². The van der Waals surface area contributed by atoms with Crippen LogP contribution in [0.5, 0.6) is 5.75 Å². The molecule has 1 aromatic carbocycles. The standard InChI is InChI=1S/C15H20N2O2/c1-10(2)17-11-6-4-7-12(19-3)13(11)16-14(18)15(17)8-5-9-15/h4,6-7,10H,5,8-9H2,1-3H3,(H,16,18). The number of benzene rings is 1. The van der Waals surface area contributed by atoms with Crippen molar-refractivity contribution in [1.29, 1.82) is 0 Å². The lowest BCUT2D eigenvalue weighted by molar-refractivity contribution is -0.124. The van der Waals surface area contributed by atoms with Gasteiger partial charge in [-0.05, 0) is 45.2 Å². The number of nitrogens with zero attached hydrogens (tertiary/aromatic N) is 1. The van der Waals surface area contributed by atoms with Crippen molar-refractivity contribution in [3.05, 3.63) is 18.2 Å². The van der Waals surface area contributed by atoms with Gasteiger partial charge in [-0.2, -0.15) is 0 Å². The fourth-order valence-corrected chi connectivity index (χ4v) is 3.34. The molecule has 0 saturated heterocycles. The highest BCUT2D eigenvalue weighted by Crippen LogP contribution is 2.50. The van der Waals surface area contributed by atoms with E-state index in [1.165, 1.54) is 0 Å². The molecule has 4 heteroatoms. The molecule has 3 rings (SSSR count). The number of hydrogen-bond donors (Lipinski definition) is 1. The van der Waals surface area contributed by atoms with Gasteiger partial charge in [-0.15, -0.1) is 0 Å². The van der Waals surface area contributed by atoms with Crippen LogP contribution in [0.15, 0.2) is 18.2 Å². The number of ether oxygens (including phenoxy) is 1. The Morgan fingerprint density at radius 3 is 2.63 bits per heavy atom. The molecule has 2 aliphatic rings. The molecule has 0 unspecified atom stereocenters. The predicted molar refractivity (Wildman–Crippen MR) is 75.8 cm³/mol. The Kier molecular flexibility index (Phi) is 2.69. The monoisotopic (exact) mass is 260 g/mol. The lowest BCUT2D eigenvalue weighted by Crippen LogP contribution is -2.65. The maximum Gasteiger partial charge on any atom is 0.250 e. The zero-order chi connectivity index (χ0) is 13.6. The summed E-state index contributed by atoms with van der Waals surface area (Å²) in [6.07, 6.45) is 3.00. The first-order valence-electron chi connectivity index (χ1n) is 6.88. The molecule has 4 nitrogen and oxygen atoms in total. The van der Waals surface area contributed by atoms with Crippen molar-refractivity contribution in [3.63, 3.8) is 0 Å². The highest BCUT2D eigenvalue weighted by Gasteiger charge is 2.53. The van der Waals surface area contributed by atoms with E-state index in [9.17, 15) is 4.79 Å². The summed E-state index contributed by atoms with van der Waals surface area (Å²) in [6.45, 7) is 4.28. The summed E-state index contributed by atoms with van der Waals surface area (Å²) in [7, 11) is 1.63. The van der Waals surface area contributed by atoms with Crippen LogP contribution in [0.3, 0.4) is 0 Å². The van der Waals surface area contributed by atoms with Gasteiger partial charge >= 0.3 is 0 Å². The van der Waals surface area contributed by atoms with Gasteiger partial charge in [0.1, 0.15) is 17.0 Å². The van der Waals surface area contributed by atoms with Crippen LogP contribution < -0.4 is 15.0 Å². The minimum absolute atomic E-state index is 0.115. The van der Waals surface area contributed by atoms with E-state index in [0.717, 1.165) is 36.4 Å². The summed E-state index contributed by atoms with van der Waals surface area (Å²) >= 11 is 0. The number of hydrogen-bond acceptors (Lipinski definition) is 3. The molecule has 1 heterocycles. The molecule has 1 fully saturated rings. The van der Waals surface area contributed by atoms with Crippen LogP contribution in [0.2, 0.25) is 0 Å². The van der Waals surface area contributed by atoms with Crippen LogP contribution in [-0.4, -0.2) is 24.6 Å². The molecule has 1 saturated carbocycles. The van der Waals surface area contributed by atoms with Gasteiger partial charge in [0.05, 0.1) is 12.8 Å². The van der Waals surface area contributed by atoms with E-state index in [1.807, 2.05) is 12.1 Å². The topological polar surface area (TPSA) is 41.6 Å². The highest BCUT2D eigenvalue weighted by molar-refractivity contribution is 6.08. The number of anilines is 2. The minimum Gasteiger partial charge on any atom is -0.494 e. The Morgan fingerprint density at radius 1 is 1.37 bits per heavy atom. The SMILES string of the molecule is COc1cccc2c1NC(=O)C1(CCC1)N2C(C)C. The molecule has 19 heavy (non-hydrogen) atoms. The van der Waals surface area contributed by atoms with Crippen LogP contribution in [-0.2, 0) is 4.79 Å². The molecule has 0 atom stereocenters. The summed E-state index contributed by atoms with van der Waals surface area (Å²) in [4.78, 5) is 14.8. The second-order valence-electron chi connectivity index (χ2n) is 5.66. The molecular weight excluding hydrogens is 240 g/mol. The molecule has 0 radical (unpaired) electrons. The third kappa shape index (κ3) is 1.55. The van der Waals surface area contributed by atoms with Crippen molar-refractivity contribution in [3.8, 4) is 5.75 Å². The number of rotatable bonds is 2. The molecule has 1 aromatic rings. The van der Waals surface area contributed by atoms with Crippen LogP contribution in [0.1, 0.15) is 33.1 Å². The van der Waals surface area contributed by atoms with Crippen LogP contribution >= 0.6 is 0 Å². The normalized spacial score (nSPS) is 20.0. The molecule has 1 aliphatic heterocycles. The smallest absolute Gasteiger partial charge is 0.250 e. The van der Waals surface area contributed by atoms with Crippen molar-refractivity contribution in [2.75, 3.05) is 17.3 Å². The Bertz CT molecular complexity index is 521. The summed E-state index contributed by atoms with van der Waals surface area (Å²) < 4.78 is 5.37. The number of carbonyl (C=O) groups is 1. The number of methoxy groups -OCH3 is 1. The molecule has 0 bridgehead atoms. The van der Waals surface area contributed by atoms with Gasteiger partial charge in [0.15, 0.2) is 0 Å². The Labute approximate surface area is 113 Å². The number of para-hydroxylation sites is 1. The minimum atomic E-state index is -0.340. The lowest BCUT2D eigenvalue weighted by Gasteiger charge is -2.54. The maximum absolute atomic E-state index is 12.5. The quantitative estimate of drug-likeness (QED) is 0.889. The van der Waals surface area contributed by atoms with E-state index in [0.29, 0.717) is 0 Å². The van der Waals surface area contributed by atoms with E-state index in [2.05, 4.69) is 30.1 Å². The first kappa shape index (κ1) is 12.3. The number of carbonyl (C=O) groups excluding carboxylic acids is 1. The molecule has 102 valence electrons. The van der Waals surface area contributed by atoms with E-state index in [-0.39, 0.29) is 17.5 Å². The second kappa shape index (κ2) is 4.15. The van der Waals surface area contributed by atoms with E-state index in [1.54, 1.807) is 7.11 Å². The largest absolute Gasteiger partial charge is 0.494 e. The van der Waals surface area contributed by atoms with Gasteiger partial charge in [-0.1, -0.05) is 6.07 Å². The first-order valence-corrected chi connectivity index (χ1v) is 6.88. The molecule has 1 amide bonds. The summed E-state index contributed by atoms with van der Waals surface area (Å²) in [5, 5.41) is 3.05. The van der Waals surface area contributed by atoms with Gasteiger partial charge in [0, 0.05) is 6.04 Å². The lowest BCUT2D eigenvalue weighted by atomic mass is 9.72. The second-order valence-corrected chi connectivity index (χ2v) is 5.66. The molecule has 1 aliphatic carbocycles. The summed E-state index contributed by atoms with van der Waals surface area (Å²) in [5.41, 5.74) is 1.54. The van der Waals surface area contributed by atoms with Crippen LogP contribution in [0.25, 0.3) is 0 Å². The fraction of sp³-hybridized carbons (Fsp3) is 0.533. The van der Waals surface area contributed by atoms with Gasteiger partial charge in [0.25, 0.3) is 0 Å². The predicted octanol–water partition coefficient (Wildman–Crippen LogP) is 2.78. The number of amides is 1. The zero-order valence-electron chi connectivity index (χ0n) is 11.7. The van der Waals surface area contributed by atoms with Gasteiger partial charge < -0.3 is 15.0 Å². The average Bonchev–Trinajstić information content (AvgIpc) is 2.34. The van der Waals surface area contributed by atoms with Crippen LogP contribution in [0, 0.1) is 0 Å². The van der Waals surface area contributed by atoms with Crippen LogP contribution in [0.4, 0.5) is 11.4 Å². The molecule has 0 aromatic heterocycles. The number of nitrogens with one attached hydrogen (secondary N) is 1. The van der Waals surface area contributed by atoms with Crippen molar-refractivity contribution in [2.45, 2.75) is 44.7 Å². The fourth-order valence-electron chi connectivity index (χ4n) is 3.34. The molecular formula is C15H20N2O2. The molecule has 1 N–H and O–H groups in total. The summed E-state index contributed by atoms with van der Waals surface area (Å²) in [6, 6.07) is 6.22. The van der Waals surface area contributed by atoms with E-state index in [4.69, 9.17) is 4.74 Å². The number of fused-ring (bicyclic) bond motifs is 1.